The van der Waals surface area contributed by atoms with Crippen LogP contribution in [-0.2, 0) is 24.2 Å². The zero-order valence-corrected chi connectivity index (χ0v) is 19.9. The fourth-order valence-electron chi connectivity index (χ4n) is 3.99. The molecule has 0 bridgehead atoms. The molecule has 1 heterocycles. The molecule has 0 aliphatic carbocycles. The average Bonchev–Trinajstić information content (AvgIpc) is 3.31. The quantitative estimate of drug-likeness (QED) is 0.155. The van der Waals surface area contributed by atoms with Crippen LogP contribution >= 0.6 is 11.8 Å². The molecule has 0 spiro atoms. The molecule has 4 rings (SSSR count). The zero-order chi connectivity index (χ0) is 23.8. The first-order valence-corrected chi connectivity index (χ1v) is 12.5. The number of phenolic OH excluding ortho intramolecular Hbond substituents is 1. The van der Waals surface area contributed by atoms with Crippen molar-refractivity contribution in [3.05, 3.63) is 89.0 Å². The van der Waals surface area contributed by atoms with Gasteiger partial charge in [-0.25, -0.2) is 0 Å². The third-order valence-electron chi connectivity index (χ3n) is 5.89. The van der Waals surface area contributed by atoms with Crippen LogP contribution in [0.4, 0.5) is 5.69 Å². The monoisotopic (exact) mass is 477 g/mol. The highest BCUT2D eigenvalue weighted by Crippen LogP contribution is 2.46. The van der Waals surface area contributed by atoms with E-state index in [2.05, 4.69) is 64.5 Å². The average molecular weight is 478 g/mol. The molecule has 3 aromatic carbocycles. The molecule has 6 nitrogen and oxygen atoms in total. The number of carbonyl (C=O) groups excluding carboxylic acids is 1. The molecule has 1 aliphatic heterocycles. The number of fused-ring (bicyclic) bond motifs is 1. The molecule has 5 N–H and O–H groups in total. The number of aromatic hydroxyl groups is 1. The van der Waals surface area contributed by atoms with Gasteiger partial charge in [-0.3, -0.25) is 0 Å². The molecular weight excluding hydrogens is 446 g/mol. The largest absolute Gasteiger partial charge is 0.506 e. The summed E-state index contributed by atoms with van der Waals surface area (Å²) in [6.45, 7) is 2.94. The zero-order valence-electron chi connectivity index (χ0n) is 19.0. The number of hydrogen-bond acceptors (Lipinski definition) is 7. The van der Waals surface area contributed by atoms with Crippen LogP contribution in [0.5, 0.6) is 5.75 Å². The molecule has 2 atom stereocenters. The van der Waals surface area contributed by atoms with Gasteiger partial charge in [-0.2, -0.15) is 0 Å². The van der Waals surface area contributed by atoms with E-state index < -0.39 is 11.5 Å². The predicted octanol–water partition coefficient (Wildman–Crippen LogP) is 3.63. The van der Waals surface area contributed by atoms with Crippen molar-refractivity contribution >= 4 is 23.7 Å². The Labute approximate surface area is 204 Å². The number of hydrogen-bond donors (Lipinski definition) is 5. The van der Waals surface area contributed by atoms with Crippen molar-refractivity contribution < 1.29 is 15.0 Å². The number of thioether (sulfide) groups is 1. The van der Waals surface area contributed by atoms with Crippen molar-refractivity contribution in [1.29, 1.82) is 0 Å². The summed E-state index contributed by atoms with van der Waals surface area (Å²) in [5.74, 6) is 0.0885. The standard InChI is InChI=1S/C27H31N3O3S/c31-18-25-30-26-23(32)11-10-22(27(26)34-25)24(33)17-29-15-13-20-6-8-21(9-7-20)16-28-14-12-19-4-2-1-3-5-19/h1-11,18,24-25,28-30,32-33H,12-17H2/t24-,25?/m0/s1. The fraction of sp³-hybridized carbons (Fsp3) is 0.296. The molecule has 0 saturated heterocycles. The Balaban J connectivity index is 1.17. The number of benzene rings is 3. The molecule has 0 radical (unpaired) electrons. The molecule has 7 heteroatoms. The summed E-state index contributed by atoms with van der Waals surface area (Å²) < 4.78 is 0. The Kier molecular flexibility index (Phi) is 8.60. The van der Waals surface area contributed by atoms with Crippen molar-refractivity contribution in [3.8, 4) is 5.75 Å². The number of nitrogens with one attached hydrogen (secondary N) is 3. The van der Waals surface area contributed by atoms with Gasteiger partial charge in [-0.05, 0) is 54.3 Å². The lowest BCUT2D eigenvalue weighted by atomic mass is 10.1. The molecule has 0 amide bonds. The summed E-state index contributed by atoms with van der Waals surface area (Å²) in [6.07, 6.45) is 1.96. The Hall–Kier alpha value is -2.84. The minimum absolute atomic E-state index is 0.0885. The van der Waals surface area contributed by atoms with Gasteiger partial charge in [0.2, 0.25) is 0 Å². The summed E-state index contributed by atoms with van der Waals surface area (Å²) in [4.78, 5) is 11.8. The number of carbonyl (C=O) groups is 1. The number of rotatable bonds is 12. The fourth-order valence-corrected chi connectivity index (χ4v) is 5.10. The van der Waals surface area contributed by atoms with E-state index in [-0.39, 0.29) is 5.75 Å². The molecule has 0 saturated carbocycles. The van der Waals surface area contributed by atoms with Gasteiger partial charge in [0.1, 0.15) is 11.1 Å². The first-order chi connectivity index (χ1) is 16.6. The van der Waals surface area contributed by atoms with Crippen LogP contribution in [0.2, 0.25) is 0 Å². The second-order valence-corrected chi connectivity index (χ2v) is 9.55. The van der Waals surface area contributed by atoms with Gasteiger partial charge in [0, 0.05) is 18.0 Å². The molecule has 1 aliphatic rings. The van der Waals surface area contributed by atoms with Crippen LogP contribution in [0, 0.1) is 0 Å². The minimum atomic E-state index is -0.724. The highest BCUT2D eigenvalue weighted by Gasteiger charge is 2.28. The van der Waals surface area contributed by atoms with Crippen molar-refractivity contribution in [1.82, 2.24) is 10.6 Å². The first kappa shape index (κ1) is 24.3. The lowest BCUT2D eigenvalue weighted by Crippen LogP contribution is -2.24. The first-order valence-electron chi connectivity index (χ1n) is 11.6. The van der Waals surface area contributed by atoms with Crippen LogP contribution in [0.25, 0.3) is 0 Å². The van der Waals surface area contributed by atoms with Crippen LogP contribution in [-0.4, -0.2) is 41.5 Å². The van der Waals surface area contributed by atoms with E-state index in [9.17, 15) is 15.0 Å². The van der Waals surface area contributed by atoms with Crippen LogP contribution in [0.1, 0.15) is 28.4 Å². The number of aldehydes is 1. The third-order valence-corrected chi connectivity index (χ3v) is 7.05. The van der Waals surface area contributed by atoms with Gasteiger partial charge >= 0.3 is 0 Å². The second-order valence-electron chi connectivity index (χ2n) is 8.40. The number of phenols is 1. The minimum Gasteiger partial charge on any atom is -0.506 e. The second kappa shape index (κ2) is 12.0. The Morgan fingerprint density at radius 1 is 0.912 bits per heavy atom. The number of aliphatic hydroxyl groups excluding tert-OH is 1. The Bertz CT molecular complexity index is 1080. The highest BCUT2D eigenvalue weighted by molar-refractivity contribution is 8.01. The summed E-state index contributed by atoms with van der Waals surface area (Å²) in [5, 5.41) is 30.0. The van der Waals surface area contributed by atoms with Gasteiger partial charge in [-0.15, -0.1) is 0 Å². The van der Waals surface area contributed by atoms with Gasteiger partial charge < -0.3 is 31.0 Å². The Morgan fingerprint density at radius 2 is 1.59 bits per heavy atom. The summed E-state index contributed by atoms with van der Waals surface area (Å²) in [7, 11) is 0. The van der Waals surface area contributed by atoms with Gasteiger partial charge in [0.15, 0.2) is 6.29 Å². The molecule has 0 aromatic heterocycles. The smallest absolute Gasteiger partial charge is 0.152 e. The maximum absolute atomic E-state index is 11.1. The van der Waals surface area contributed by atoms with Crippen molar-refractivity contribution in [2.24, 2.45) is 0 Å². The van der Waals surface area contributed by atoms with Crippen molar-refractivity contribution in [2.45, 2.75) is 35.8 Å². The number of aliphatic hydroxyl groups is 1. The van der Waals surface area contributed by atoms with E-state index in [0.29, 0.717) is 17.8 Å². The van der Waals surface area contributed by atoms with E-state index >= 15 is 0 Å². The molecule has 3 aromatic rings. The highest BCUT2D eigenvalue weighted by atomic mass is 32.2. The van der Waals surface area contributed by atoms with E-state index in [0.717, 1.165) is 43.7 Å². The lowest BCUT2D eigenvalue weighted by Gasteiger charge is -2.16. The molecule has 178 valence electrons. The van der Waals surface area contributed by atoms with Crippen molar-refractivity contribution in [3.63, 3.8) is 0 Å². The molecule has 34 heavy (non-hydrogen) atoms. The summed E-state index contributed by atoms with van der Waals surface area (Å²) in [5.41, 5.74) is 5.09. The van der Waals surface area contributed by atoms with Crippen LogP contribution in [0.3, 0.4) is 0 Å². The lowest BCUT2D eigenvalue weighted by molar-refractivity contribution is -0.107. The van der Waals surface area contributed by atoms with Gasteiger partial charge in [0.05, 0.1) is 11.8 Å². The summed E-state index contributed by atoms with van der Waals surface area (Å²) >= 11 is 1.32. The summed E-state index contributed by atoms with van der Waals surface area (Å²) in [6, 6.07) is 22.4. The molecule has 0 fully saturated rings. The van der Waals surface area contributed by atoms with E-state index in [1.54, 1.807) is 12.1 Å². The topological polar surface area (TPSA) is 93.6 Å². The van der Waals surface area contributed by atoms with E-state index in [4.69, 9.17) is 0 Å². The van der Waals surface area contributed by atoms with Crippen LogP contribution < -0.4 is 16.0 Å². The Morgan fingerprint density at radius 3 is 2.32 bits per heavy atom. The third kappa shape index (κ3) is 6.39. The van der Waals surface area contributed by atoms with Gasteiger partial charge in [0.25, 0.3) is 0 Å². The van der Waals surface area contributed by atoms with Crippen LogP contribution in [0.15, 0.2) is 71.6 Å². The predicted molar refractivity (Wildman–Crippen MR) is 137 cm³/mol. The van der Waals surface area contributed by atoms with E-state index in [1.165, 1.54) is 28.5 Å². The van der Waals surface area contributed by atoms with Gasteiger partial charge in [-0.1, -0.05) is 72.4 Å². The molecular formula is C27H31N3O3S. The maximum Gasteiger partial charge on any atom is 0.152 e. The number of anilines is 1. The van der Waals surface area contributed by atoms with E-state index in [1.807, 2.05) is 6.07 Å². The maximum atomic E-state index is 11.1. The van der Waals surface area contributed by atoms with Crippen molar-refractivity contribution in [2.75, 3.05) is 25.0 Å². The SMILES string of the molecule is O=CC1Nc2c(O)ccc([C@@H](O)CNCCc3ccc(CNCCc4ccccc4)cc3)c2S1. The molecule has 1 unspecified atom stereocenters. The normalized spacial score (nSPS) is 15.5.